The number of hydrogen-bond acceptors (Lipinski definition) is 4. The fourth-order valence-corrected chi connectivity index (χ4v) is 4.92. The van der Waals surface area contributed by atoms with Gasteiger partial charge < -0.3 is 14.8 Å². The van der Waals surface area contributed by atoms with Gasteiger partial charge in [0.1, 0.15) is 11.9 Å². The number of aromatic nitrogens is 3. The highest BCUT2D eigenvalue weighted by Gasteiger charge is 2.38. The van der Waals surface area contributed by atoms with Crippen LogP contribution in [0.5, 0.6) is 0 Å². The highest BCUT2D eigenvalue weighted by Crippen LogP contribution is 2.29. The Balaban J connectivity index is 1.33. The molecule has 3 aromatic rings. The van der Waals surface area contributed by atoms with Crippen LogP contribution >= 0.6 is 0 Å². The Bertz CT molecular complexity index is 1090. The van der Waals surface area contributed by atoms with Crippen LogP contribution in [0.25, 0.3) is 11.0 Å². The predicted octanol–water partition coefficient (Wildman–Crippen LogP) is 3.28. The van der Waals surface area contributed by atoms with Gasteiger partial charge >= 0.3 is 0 Å². The number of amides is 2. The third-order valence-corrected chi connectivity index (χ3v) is 6.60. The molecule has 2 fully saturated rings. The number of aryl methyl sites for hydroxylation is 1. The molecule has 2 atom stereocenters. The third kappa shape index (κ3) is 3.69. The molecule has 2 aromatic heterocycles. The van der Waals surface area contributed by atoms with Crippen molar-refractivity contribution in [3.8, 4) is 0 Å². The molecule has 7 nitrogen and oxygen atoms in total. The van der Waals surface area contributed by atoms with Gasteiger partial charge in [-0.05, 0) is 50.3 Å². The van der Waals surface area contributed by atoms with Crippen LogP contribution in [0.2, 0.25) is 0 Å². The molecule has 0 aliphatic carbocycles. The molecule has 0 spiro atoms. The van der Waals surface area contributed by atoms with Crippen molar-refractivity contribution in [3.63, 3.8) is 0 Å². The van der Waals surface area contributed by atoms with E-state index in [9.17, 15) is 9.59 Å². The Hall–Kier alpha value is -3.22. The van der Waals surface area contributed by atoms with E-state index in [0.717, 1.165) is 54.6 Å². The number of imidazole rings is 1. The number of benzene rings is 1. The van der Waals surface area contributed by atoms with Crippen molar-refractivity contribution in [2.45, 2.75) is 44.6 Å². The molecule has 5 rings (SSSR count). The molecule has 1 unspecified atom stereocenters. The summed E-state index contributed by atoms with van der Waals surface area (Å²) >= 11 is 0. The SMILES string of the molecule is Cc1ccccc1C(=O)N1CCC[C@@H]1C(=O)N1CCCC(c2nc3ccncc3[nH]2)C1. The van der Waals surface area contributed by atoms with Gasteiger partial charge in [0.2, 0.25) is 5.91 Å². The van der Waals surface area contributed by atoms with E-state index in [0.29, 0.717) is 18.7 Å². The van der Waals surface area contributed by atoms with Crippen molar-refractivity contribution in [2.75, 3.05) is 19.6 Å². The second kappa shape index (κ2) is 8.13. The lowest BCUT2D eigenvalue weighted by Gasteiger charge is -2.35. The largest absolute Gasteiger partial charge is 0.340 e. The lowest BCUT2D eigenvalue weighted by atomic mass is 9.96. The van der Waals surface area contributed by atoms with Crippen LogP contribution in [0, 0.1) is 6.92 Å². The van der Waals surface area contributed by atoms with Gasteiger partial charge in [-0.1, -0.05) is 18.2 Å². The van der Waals surface area contributed by atoms with Gasteiger partial charge in [0.25, 0.3) is 5.91 Å². The Morgan fingerprint density at radius 3 is 2.77 bits per heavy atom. The van der Waals surface area contributed by atoms with E-state index < -0.39 is 0 Å². The van der Waals surface area contributed by atoms with E-state index in [2.05, 4.69) is 9.97 Å². The van der Waals surface area contributed by atoms with Crippen LogP contribution in [-0.4, -0.2) is 62.2 Å². The molecule has 1 N–H and O–H groups in total. The van der Waals surface area contributed by atoms with Crippen LogP contribution < -0.4 is 0 Å². The van der Waals surface area contributed by atoms with E-state index in [1.54, 1.807) is 17.3 Å². The molecule has 0 saturated carbocycles. The van der Waals surface area contributed by atoms with E-state index in [1.165, 1.54) is 0 Å². The van der Waals surface area contributed by atoms with Crippen molar-refractivity contribution >= 4 is 22.8 Å². The van der Waals surface area contributed by atoms with Crippen LogP contribution in [-0.2, 0) is 4.79 Å². The molecule has 160 valence electrons. The van der Waals surface area contributed by atoms with Gasteiger partial charge in [0.15, 0.2) is 0 Å². The van der Waals surface area contributed by atoms with Crippen LogP contribution in [0.3, 0.4) is 0 Å². The van der Waals surface area contributed by atoms with Crippen molar-refractivity contribution in [3.05, 3.63) is 59.7 Å². The molecule has 2 amide bonds. The average Bonchev–Trinajstić information content (AvgIpc) is 3.46. The monoisotopic (exact) mass is 417 g/mol. The summed E-state index contributed by atoms with van der Waals surface area (Å²) in [5, 5.41) is 0. The Morgan fingerprint density at radius 1 is 1.10 bits per heavy atom. The van der Waals surface area contributed by atoms with Crippen molar-refractivity contribution in [1.29, 1.82) is 0 Å². The van der Waals surface area contributed by atoms with Crippen molar-refractivity contribution in [1.82, 2.24) is 24.8 Å². The molecule has 0 radical (unpaired) electrons. The van der Waals surface area contributed by atoms with E-state index in [-0.39, 0.29) is 23.8 Å². The third-order valence-electron chi connectivity index (χ3n) is 6.60. The summed E-state index contributed by atoms with van der Waals surface area (Å²) in [5.41, 5.74) is 3.46. The highest BCUT2D eigenvalue weighted by atomic mass is 16.2. The van der Waals surface area contributed by atoms with Crippen LogP contribution in [0.1, 0.15) is 53.3 Å². The zero-order valence-corrected chi connectivity index (χ0v) is 17.8. The fourth-order valence-electron chi connectivity index (χ4n) is 4.92. The zero-order valence-electron chi connectivity index (χ0n) is 17.8. The van der Waals surface area contributed by atoms with Gasteiger partial charge in [-0.25, -0.2) is 4.98 Å². The number of piperidine rings is 1. The summed E-state index contributed by atoms with van der Waals surface area (Å²) in [5.74, 6) is 1.13. The number of hydrogen-bond donors (Lipinski definition) is 1. The summed E-state index contributed by atoms with van der Waals surface area (Å²) in [6, 6.07) is 9.13. The number of H-pyrrole nitrogens is 1. The first-order valence-corrected chi connectivity index (χ1v) is 11.1. The summed E-state index contributed by atoms with van der Waals surface area (Å²) < 4.78 is 0. The quantitative estimate of drug-likeness (QED) is 0.709. The lowest BCUT2D eigenvalue weighted by molar-refractivity contribution is -0.136. The molecule has 2 aliphatic heterocycles. The van der Waals surface area contributed by atoms with E-state index >= 15 is 0 Å². The van der Waals surface area contributed by atoms with Gasteiger partial charge in [-0.15, -0.1) is 0 Å². The smallest absolute Gasteiger partial charge is 0.254 e. The Morgan fingerprint density at radius 2 is 1.94 bits per heavy atom. The summed E-state index contributed by atoms with van der Waals surface area (Å²) in [6.45, 7) is 3.95. The summed E-state index contributed by atoms with van der Waals surface area (Å²) in [7, 11) is 0. The molecule has 7 heteroatoms. The standard InChI is InChI=1S/C24H27N5O2/c1-16-6-2-3-8-18(16)23(30)29-13-5-9-21(29)24(31)28-12-4-7-17(15-28)22-26-19-10-11-25-14-20(19)27-22/h2-3,6,8,10-11,14,17,21H,4-5,7,9,12-13,15H2,1H3,(H,26,27)/t17?,21-/m1/s1. The zero-order chi connectivity index (χ0) is 21.4. The van der Waals surface area contributed by atoms with Gasteiger partial charge in [0.05, 0.1) is 17.2 Å². The van der Waals surface area contributed by atoms with Gasteiger partial charge in [-0.3, -0.25) is 14.6 Å². The van der Waals surface area contributed by atoms with Crippen molar-refractivity contribution in [2.24, 2.45) is 0 Å². The number of nitrogens with one attached hydrogen (secondary N) is 1. The molecule has 0 bridgehead atoms. The maximum atomic E-state index is 13.5. The maximum Gasteiger partial charge on any atom is 0.254 e. The predicted molar refractivity (Wildman–Crippen MR) is 118 cm³/mol. The molecule has 2 saturated heterocycles. The van der Waals surface area contributed by atoms with Crippen molar-refractivity contribution < 1.29 is 9.59 Å². The number of likely N-dealkylation sites (tertiary alicyclic amines) is 2. The number of aromatic amines is 1. The second-order valence-corrected chi connectivity index (χ2v) is 8.61. The number of rotatable bonds is 3. The highest BCUT2D eigenvalue weighted by molar-refractivity contribution is 5.99. The second-order valence-electron chi connectivity index (χ2n) is 8.61. The molecule has 4 heterocycles. The minimum absolute atomic E-state index is 0.0349. The topological polar surface area (TPSA) is 82.2 Å². The van der Waals surface area contributed by atoms with Gasteiger partial charge in [0, 0.05) is 37.3 Å². The molecule has 2 aliphatic rings. The molecular weight excluding hydrogens is 390 g/mol. The number of nitrogens with zero attached hydrogens (tertiary/aromatic N) is 4. The Kier molecular flexibility index (Phi) is 5.18. The van der Waals surface area contributed by atoms with E-state index in [1.807, 2.05) is 42.2 Å². The summed E-state index contributed by atoms with van der Waals surface area (Å²) in [4.78, 5) is 42.6. The first-order chi connectivity index (χ1) is 15.1. The minimum Gasteiger partial charge on any atom is -0.340 e. The minimum atomic E-state index is -0.370. The normalized spacial score (nSPS) is 21.6. The van der Waals surface area contributed by atoms with Crippen LogP contribution in [0.4, 0.5) is 0 Å². The lowest BCUT2D eigenvalue weighted by Crippen LogP contribution is -2.50. The first-order valence-electron chi connectivity index (χ1n) is 11.1. The Labute approximate surface area is 181 Å². The molecule has 31 heavy (non-hydrogen) atoms. The number of pyridine rings is 1. The first kappa shape index (κ1) is 19.7. The summed E-state index contributed by atoms with van der Waals surface area (Å²) in [6.07, 6.45) is 7.04. The number of fused-ring (bicyclic) bond motifs is 1. The fraction of sp³-hybridized carbons (Fsp3) is 0.417. The average molecular weight is 418 g/mol. The molecular formula is C24H27N5O2. The van der Waals surface area contributed by atoms with E-state index in [4.69, 9.17) is 4.98 Å². The maximum absolute atomic E-state index is 13.5. The van der Waals surface area contributed by atoms with Crippen LogP contribution in [0.15, 0.2) is 42.7 Å². The molecule has 1 aromatic carbocycles. The number of carbonyl (C=O) groups excluding carboxylic acids is 2. The van der Waals surface area contributed by atoms with Gasteiger partial charge in [-0.2, -0.15) is 0 Å². The number of carbonyl (C=O) groups is 2.